The van der Waals surface area contributed by atoms with Crippen molar-refractivity contribution < 1.29 is 8.42 Å². The van der Waals surface area contributed by atoms with Crippen molar-refractivity contribution in [1.29, 1.82) is 0 Å². The summed E-state index contributed by atoms with van der Waals surface area (Å²) in [4.78, 5) is 2.65. The molecular formula is C10H21N3O2S2. The van der Waals surface area contributed by atoms with Crippen LogP contribution in [0.1, 0.15) is 26.7 Å². The maximum atomic E-state index is 11.7. The first-order valence-electron chi connectivity index (χ1n) is 5.83. The maximum absolute atomic E-state index is 11.7. The first-order chi connectivity index (χ1) is 7.81. The van der Waals surface area contributed by atoms with Gasteiger partial charge in [-0.1, -0.05) is 12.2 Å². The molecule has 1 saturated heterocycles. The van der Waals surface area contributed by atoms with Crippen LogP contribution in [0.25, 0.3) is 0 Å². The number of thiocarbonyl (C=S) groups is 1. The number of piperidine rings is 1. The van der Waals surface area contributed by atoms with E-state index in [1.165, 1.54) is 0 Å². The van der Waals surface area contributed by atoms with Crippen molar-refractivity contribution >= 4 is 27.2 Å². The molecular weight excluding hydrogens is 258 g/mol. The van der Waals surface area contributed by atoms with Crippen LogP contribution in [0.5, 0.6) is 0 Å². The molecule has 1 aliphatic heterocycles. The van der Waals surface area contributed by atoms with E-state index >= 15 is 0 Å². The van der Waals surface area contributed by atoms with Crippen LogP contribution in [0, 0.1) is 0 Å². The third kappa shape index (κ3) is 4.87. The number of nitrogens with zero attached hydrogens (tertiary/aromatic N) is 1. The van der Waals surface area contributed by atoms with Gasteiger partial charge in [-0.15, -0.1) is 0 Å². The molecule has 5 nitrogen and oxygen atoms in total. The van der Waals surface area contributed by atoms with Crippen molar-refractivity contribution in [2.45, 2.75) is 38.0 Å². The summed E-state index contributed by atoms with van der Waals surface area (Å²) in [6, 6.07) is 0.0463. The Hall–Kier alpha value is -0.240. The summed E-state index contributed by atoms with van der Waals surface area (Å²) in [6.07, 6.45) is 1.63. The molecule has 100 valence electrons. The van der Waals surface area contributed by atoms with E-state index in [1.807, 2.05) is 0 Å². The van der Waals surface area contributed by atoms with Crippen LogP contribution in [0.2, 0.25) is 0 Å². The zero-order chi connectivity index (χ0) is 13.1. The number of sulfonamides is 1. The number of hydrogen-bond donors (Lipinski definition) is 2. The van der Waals surface area contributed by atoms with Crippen LogP contribution >= 0.6 is 12.2 Å². The summed E-state index contributed by atoms with van der Waals surface area (Å²) < 4.78 is 26.1. The van der Waals surface area contributed by atoms with E-state index in [9.17, 15) is 8.42 Å². The minimum atomic E-state index is -3.16. The molecule has 0 bridgehead atoms. The molecule has 0 radical (unpaired) electrons. The Bertz CT molecular complexity index is 360. The van der Waals surface area contributed by atoms with Gasteiger partial charge in [0.2, 0.25) is 10.0 Å². The minimum absolute atomic E-state index is 0.0463. The first kappa shape index (κ1) is 14.8. The summed E-state index contributed by atoms with van der Waals surface area (Å²) in [6.45, 7) is 5.67. The van der Waals surface area contributed by atoms with Crippen molar-refractivity contribution in [3.05, 3.63) is 0 Å². The molecule has 0 aliphatic carbocycles. The molecule has 0 saturated carbocycles. The van der Waals surface area contributed by atoms with Crippen LogP contribution < -0.4 is 10.5 Å². The molecule has 1 fully saturated rings. The molecule has 0 unspecified atom stereocenters. The third-order valence-electron chi connectivity index (χ3n) is 2.92. The Morgan fingerprint density at radius 3 is 2.41 bits per heavy atom. The van der Waals surface area contributed by atoms with Gasteiger partial charge in [0.15, 0.2) is 0 Å². The van der Waals surface area contributed by atoms with E-state index in [0.717, 1.165) is 25.9 Å². The highest BCUT2D eigenvalue weighted by Gasteiger charge is 2.25. The van der Waals surface area contributed by atoms with Gasteiger partial charge in [-0.05, 0) is 26.7 Å². The van der Waals surface area contributed by atoms with Gasteiger partial charge in [0.05, 0.1) is 10.2 Å². The van der Waals surface area contributed by atoms with Gasteiger partial charge in [-0.2, -0.15) is 0 Å². The van der Waals surface area contributed by atoms with E-state index in [2.05, 4.69) is 9.62 Å². The Labute approximate surface area is 109 Å². The molecule has 1 rings (SSSR count). The summed E-state index contributed by atoms with van der Waals surface area (Å²) >= 11 is 4.85. The quantitative estimate of drug-likeness (QED) is 0.696. The van der Waals surface area contributed by atoms with Gasteiger partial charge in [0.1, 0.15) is 0 Å². The fraction of sp³-hybridized carbons (Fsp3) is 0.900. The van der Waals surface area contributed by atoms with Crippen LogP contribution in [-0.4, -0.2) is 49.2 Å². The highest BCUT2D eigenvalue weighted by atomic mass is 32.2. The topological polar surface area (TPSA) is 75.4 Å². The lowest BCUT2D eigenvalue weighted by Crippen LogP contribution is -2.47. The second-order valence-corrected chi connectivity index (χ2v) is 7.52. The zero-order valence-electron chi connectivity index (χ0n) is 10.3. The van der Waals surface area contributed by atoms with Crippen LogP contribution in [0.3, 0.4) is 0 Å². The Morgan fingerprint density at radius 1 is 1.47 bits per heavy atom. The summed E-state index contributed by atoms with van der Waals surface area (Å²) in [5.74, 6) is 0. The average molecular weight is 279 g/mol. The molecule has 0 spiro atoms. The summed E-state index contributed by atoms with van der Waals surface area (Å²) in [5, 5.41) is -0.378. The maximum Gasteiger partial charge on any atom is 0.214 e. The lowest BCUT2D eigenvalue weighted by Gasteiger charge is -2.32. The van der Waals surface area contributed by atoms with Gasteiger partial charge in [0.25, 0.3) is 0 Å². The number of rotatable bonds is 5. The Kier molecular flexibility index (Phi) is 5.30. The second kappa shape index (κ2) is 6.08. The normalized spacial score (nSPS) is 19.7. The second-order valence-electron chi connectivity index (χ2n) is 4.73. The predicted octanol–water partition coefficient (Wildman–Crippen LogP) is 0.0647. The largest absolute Gasteiger partial charge is 0.392 e. The molecule has 0 aromatic rings. The number of likely N-dealkylation sites (tertiary alicyclic amines) is 1. The molecule has 1 aliphatic rings. The van der Waals surface area contributed by atoms with E-state index in [4.69, 9.17) is 18.0 Å². The van der Waals surface area contributed by atoms with E-state index in [1.54, 1.807) is 13.8 Å². The molecule has 0 aromatic carbocycles. The predicted molar refractivity (Wildman–Crippen MR) is 73.4 cm³/mol. The van der Waals surface area contributed by atoms with Crippen molar-refractivity contribution in [3.8, 4) is 0 Å². The number of nitrogens with two attached hydrogens (primary N) is 1. The lowest BCUT2D eigenvalue weighted by molar-refractivity contribution is 0.232. The Balaban J connectivity index is 2.40. The Morgan fingerprint density at radius 2 is 2.00 bits per heavy atom. The third-order valence-corrected chi connectivity index (χ3v) is 4.95. The minimum Gasteiger partial charge on any atom is -0.392 e. The van der Waals surface area contributed by atoms with E-state index < -0.39 is 10.0 Å². The molecule has 1 heterocycles. The molecule has 3 N–H and O–H groups in total. The van der Waals surface area contributed by atoms with Crippen LogP contribution in [0.15, 0.2) is 0 Å². The van der Waals surface area contributed by atoms with Gasteiger partial charge in [-0.25, -0.2) is 13.1 Å². The van der Waals surface area contributed by atoms with Gasteiger partial charge >= 0.3 is 0 Å². The van der Waals surface area contributed by atoms with E-state index in [-0.39, 0.29) is 11.3 Å². The summed E-state index contributed by atoms with van der Waals surface area (Å²) in [7, 11) is -3.16. The first-order valence-corrected chi connectivity index (χ1v) is 7.78. The standard InChI is InChI=1S/C10H21N3O2S2/c1-8(2)17(14,15)12-9-3-5-13(6-4-9)7-10(11)16/h8-9,12H,3-7H2,1-2H3,(H2,11,16). The van der Waals surface area contributed by atoms with Crippen molar-refractivity contribution in [2.24, 2.45) is 5.73 Å². The highest BCUT2D eigenvalue weighted by molar-refractivity contribution is 7.90. The fourth-order valence-electron chi connectivity index (χ4n) is 1.80. The summed E-state index contributed by atoms with van der Waals surface area (Å²) in [5.41, 5.74) is 5.48. The van der Waals surface area contributed by atoms with Crippen molar-refractivity contribution in [3.63, 3.8) is 0 Å². The number of nitrogens with one attached hydrogen (secondary N) is 1. The van der Waals surface area contributed by atoms with Crippen LogP contribution in [-0.2, 0) is 10.0 Å². The van der Waals surface area contributed by atoms with Crippen molar-refractivity contribution in [1.82, 2.24) is 9.62 Å². The monoisotopic (exact) mass is 279 g/mol. The molecule has 0 aromatic heterocycles. The molecule has 0 atom stereocenters. The van der Waals surface area contributed by atoms with Gasteiger partial charge < -0.3 is 5.73 Å². The van der Waals surface area contributed by atoms with Gasteiger partial charge in [0, 0.05) is 25.7 Å². The molecule has 7 heteroatoms. The lowest BCUT2D eigenvalue weighted by atomic mass is 10.1. The highest BCUT2D eigenvalue weighted by Crippen LogP contribution is 2.12. The fourth-order valence-corrected chi connectivity index (χ4v) is 2.95. The molecule has 17 heavy (non-hydrogen) atoms. The van der Waals surface area contributed by atoms with E-state index in [0.29, 0.717) is 11.5 Å². The number of hydrogen-bond acceptors (Lipinski definition) is 4. The molecule has 0 amide bonds. The van der Waals surface area contributed by atoms with Crippen molar-refractivity contribution in [2.75, 3.05) is 19.6 Å². The zero-order valence-corrected chi connectivity index (χ0v) is 12.0. The van der Waals surface area contributed by atoms with Gasteiger partial charge in [-0.3, -0.25) is 4.90 Å². The average Bonchev–Trinajstić information content (AvgIpc) is 2.19. The SMILES string of the molecule is CC(C)S(=O)(=O)NC1CCN(CC(N)=S)CC1. The van der Waals surface area contributed by atoms with Crippen LogP contribution in [0.4, 0.5) is 0 Å². The smallest absolute Gasteiger partial charge is 0.214 e.